The molecule has 25 heavy (non-hydrogen) atoms. The summed E-state index contributed by atoms with van der Waals surface area (Å²) in [6.45, 7) is 4.01. The molecule has 1 aromatic heterocycles. The number of fused-ring (bicyclic) bond motifs is 2. The van der Waals surface area contributed by atoms with E-state index in [1.54, 1.807) is 12.1 Å². The zero-order chi connectivity index (χ0) is 17.2. The standard InChI is InChI=1S/C18H23N5O2/c24-17(22-12-11-21-9-4-3-5-14(21)13-22)8-10-23-18(25)15-6-1-2-7-16(15)19-20-23/h1-2,6-7,14H,3-5,8-13H2. The van der Waals surface area contributed by atoms with Crippen LogP contribution in [0.5, 0.6) is 0 Å². The second-order valence-corrected chi connectivity index (χ2v) is 6.91. The van der Waals surface area contributed by atoms with Crippen LogP contribution < -0.4 is 5.56 Å². The highest BCUT2D eigenvalue weighted by Crippen LogP contribution is 2.21. The largest absolute Gasteiger partial charge is 0.340 e. The Morgan fingerprint density at radius 1 is 1.16 bits per heavy atom. The summed E-state index contributed by atoms with van der Waals surface area (Å²) in [5, 5.41) is 8.57. The van der Waals surface area contributed by atoms with Crippen molar-refractivity contribution in [3.8, 4) is 0 Å². The highest BCUT2D eigenvalue weighted by atomic mass is 16.2. The Labute approximate surface area is 146 Å². The SMILES string of the molecule is O=C(CCn1nnc2ccccc2c1=O)N1CCN2CCCCC2C1. The van der Waals surface area contributed by atoms with Gasteiger partial charge < -0.3 is 4.90 Å². The maximum absolute atomic E-state index is 12.6. The number of piperidine rings is 1. The lowest BCUT2D eigenvalue weighted by molar-refractivity contribution is -0.135. The summed E-state index contributed by atoms with van der Waals surface area (Å²) in [6, 6.07) is 7.66. The van der Waals surface area contributed by atoms with Crippen molar-refractivity contribution in [2.45, 2.75) is 38.3 Å². The second-order valence-electron chi connectivity index (χ2n) is 6.91. The van der Waals surface area contributed by atoms with Gasteiger partial charge in [-0.05, 0) is 31.5 Å². The molecule has 1 unspecified atom stereocenters. The van der Waals surface area contributed by atoms with Crippen LogP contribution in [0.25, 0.3) is 10.9 Å². The topological polar surface area (TPSA) is 71.3 Å². The third kappa shape index (κ3) is 3.28. The molecule has 0 N–H and O–H groups in total. The molecule has 2 aliphatic rings. The van der Waals surface area contributed by atoms with Crippen molar-refractivity contribution >= 4 is 16.8 Å². The lowest BCUT2D eigenvalue weighted by atomic mass is 9.99. The Bertz CT molecular complexity index is 834. The maximum Gasteiger partial charge on any atom is 0.277 e. The lowest BCUT2D eigenvalue weighted by Crippen LogP contribution is -2.56. The maximum atomic E-state index is 12.6. The van der Waals surface area contributed by atoms with Crippen molar-refractivity contribution in [1.29, 1.82) is 0 Å². The zero-order valence-electron chi connectivity index (χ0n) is 14.3. The molecular formula is C18H23N5O2. The molecule has 7 heteroatoms. The molecule has 0 saturated carbocycles. The highest BCUT2D eigenvalue weighted by molar-refractivity contribution is 5.77. The van der Waals surface area contributed by atoms with E-state index in [-0.39, 0.29) is 18.0 Å². The van der Waals surface area contributed by atoms with Crippen LogP contribution in [0.1, 0.15) is 25.7 Å². The summed E-state index contributed by atoms with van der Waals surface area (Å²) >= 11 is 0. The summed E-state index contributed by atoms with van der Waals surface area (Å²) in [5.41, 5.74) is 0.402. The number of carbonyl (C=O) groups excluding carboxylic acids is 1. The zero-order valence-corrected chi connectivity index (χ0v) is 14.3. The first-order chi connectivity index (χ1) is 12.2. The molecule has 2 aliphatic heterocycles. The number of amides is 1. The average Bonchev–Trinajstić information content (AvgIpc) is 2.67. The molecule has 0 bridgehead atoms. The first-order valence-electron chi connectivity index (χ1n) is 9.07. The minimum absolute atomic E-state index is 0.104. The minimum atomic E-state index is -0.185. The molecule has 0 aliphatic carbocycles. The van der Waals surface area contributed by atoms with E-state index >= 15 is 0 Å². The van der Waals surface area contributed by atoms with E-state index in [2.05, 4.69) is 15.2 Å². The van der Waals surface area contributed by atoms with Gasteiger partial charge in [-0.15, -0.1) is 5.10 Å². The van der Waals surface area contributed by atoms with Gasteiger partial charge in [-0.3, -0.25) is 14.5 Å². The van der Waals surface area contributed by atoms with Crippen LogP contribution in [0.3, 0.4) is 0 Å². The van der Waals surface area contributed by atoms with E-state index in [0.29, 0.717) is 23.4 Å². The summed E-state index contributed by atoms with van der Waals surface area (Å²) in [6.07, 6.45) is 4.00. The van der Waals surface area contributed by atoms with Crippen molar-refractivity contribution in [2.24, 2.45) is 0 Å². The fourth-order valence-corrected chi connectivity index (χ4v) is 3.91. The van der Waals surface area contributed by atoms with Crippen LogP contribution in [-0.4, -0.2) is 62.9 Å². The monoisotopic (exact) mass is 341 g/mol. The van der Waals surface area contributed by atoms with E-state index in [4.69, 9.17) is 0 Å². The van der Waals surface area contributed by atoms with Crippen LogP contribution in [-0.2, 0) is 11.3 Å². The molecule has 4 rings (SSSR count). The smallest absolute Gasteiger partial charge is 0.277 e. The molecule has 2 saturated heterocycles. The Kier molecular flexibility index (Phi) is 4.48. The molecule has 132 valence electrons. The molecule has 2 aromatic rings. The fraction of sp³-hybridized carbons (Fsp3) is 0.556. The van der Waals surface area contributed by atoms with Crippen molar-refractivity contribution in [1.82, 2.24) is 24.8 Å². The molecule has 1 aromatic carbocycles. The predicted molar refractivity (Wildman–Crippen MR) is 94.2 cm³/mol. The molecule has 7 nitrogen and oxygen atoms in total. The van der Waals surface area contributed by atoms with Gasteiger partial charge >= 0.3 is 0 Å². The van der Waals surface area contributed by atoms with Gasteiger partial charge in [0.05, 0.1) is 11.9 Å². The van der Waals surface area contributed by atoms with E-state index in [9.17, 15) is 9.59 Å². The van der Waals surface area contributed by atoms with Crippen LogP contribution in [0.2, 0.25) is 0 Å². The lowest BCUT2D eigenvalue weighted by Gasteiger charge is -2.44. The fourth-order valence-electron chi connectivity index (χ4n) is 3.91. The third-order valence-corrected chi connectivity index (χ3v) is 5.36. The highest BCUT2D eigenvalue weighted by Gasteiger charge is 2.30. The van der Waals surface area contributed by atoms with Gasteiger partial charge in [0.15, 0.2) is 0 Å². The molecular weight excluding hydrogens is 318 g/mol. The number of aromatic nitrogens is 3. The Morgan fingerprint density at radius 3 is 2.96 bits per heavy atom. The van der Waals surface area contributed by atoms with Gasteiger partial charge in [0.2, 0.25) is 5.91 Å². The van der Waals surface area contributed by atoms with E-state index in [1.165, 1.54) is 23.9 Å². The average molecular weight is 341 g/mol. The molecule has 1 amide bonds. The molecule has 2 fully saturated rings. The predicted octanol–water partition coefficient (Wildman–Crippen LogP) is 0.878. The van der Waals surface area contributed by atoms with Crippen molar-refractivity contribution in [3.63, 3.8) is 0 Å². The number of benzene rings is 1. The van der Waals surface area contributed by atoms with E-state index in [0.717, 1.165) is 26.2 Å². The van der Waals surface area contributed by atoms with Crippen LogP contribution in [0, 0.1) is 0 Å². The summed E-state index contributed by atoms with van der Waals surface area (Å²) < 4.78 is 1.30. The van der Waals surface area contributed by atoms with Gasteiger partial charge in [0.25, 0.3) is 5.56 Å². The van der Waals surface area contributed by atoms with Gasteiger partial charge in [-0.25, -0.2) is 4.68 Å². The number of hydrogen-bond donors (Lipinski definition) is 0. The van der Waals surface area contributed by atoms with Crippen LogP contribution in [0.15, 0.2) is 29.1 Å². The molecule has 0 spiro atoms. The van der Waals surface area contributed by atoms with Crippen molar-refractivity contribution in [3.05, 3.63) is 34.6 Å². The quantitative estimate of drug-likeness (QED) is 0.829. The number of nitrogens with zero attached hydrogens (tertiary/aromatic N) is 5. The van der Waals surface area contributed by atoms with Gasteiger partial charge in [0, 0.05) is 32.1 Å². The number of rotatable bonds is 3. The Hall–Kier alpha value is -2.28. The number of piperazine rings is 1. The Morgan fingerprint density at radius 2 is 2.04 bits per heavy atom. The Balaban J connectivity index is 1.40. The molecule has 1 atom stereocenters. The minimum Gasteiger partial charge on any atom is -0.340 e. The summed E-state index contributed by atoms with van der Waals surface area (Å²) in [7, 11) is 0. The first-order valence-corrected chi connectivity index (χ1v) is 9.07. The van der Waals surface area contributed by atoms with E-state index < -0.39 is 0 Å². The van der Waals surface area contributed by atoms with Gasteiger partial charge in [-0.1, -0.05) is 23.8 Å². The number of carbonyl (C=O) groups is 1. The first kappa shape index (κ1) is 16.2. The number of hydrogen-bond acceptors (Lipinski definition) is 5. The third-order valence-electron chi connectivity index (χ3n) is 5.36. The summed E-state index contributed by atoms with van der Waals surface area (Å²) in [5.74, 6) is 0.104. The molecule has 3 heterocycles. The molecule has 0 radical (unpaired) electrons. The normalized spacial score (nSPS) is 21.3. The van der Waals surface area contributed by atoms with Crippen LogP contribution >= 0.6 is 0 Å². The van der Waals surface area contributed by atoms with Gasteiger partial charge in [-0.2, -0.15) is 0 Å². The van der Waals surface area contributed by atoms with E-state index in [1.807, 2.05) is 17.0 Å². The van der Waals surface area contributed by atoms with Crippen LogP contribution in [0.4, 0.5) is 0 Å². The van der Waals surface area contributed by atoms with Gasteiger partial charge in [0.1, 0.15) is 5.52 Å². The number of aryl methyl sites for hydroxylation is 1. The van der Waals surface area contributed by atoms with Crippen molar-refractivity contribution in [2.75, 3.05) is 26.2 Å². The summed E-state index contributed by atoms with van der Waals surface area (Å²) in [4.78, 5) is 29.5. The second kappa shape index (κ2) is 6.92. The van der Waals surface area contributed by atoms with Crippen molar-refractivity contribution < 1.29 is 4.79 Å².